The second kappa shape index (κ2) is 9.08. The Morgan fingerprint density at radius 3 is 1.84 bits per heavy atom. The van der Waals surface area contributed by atoms with Crippen LogP contribution in [0.5, 0.6) is 0 Å². The number of allylic oxidation sites excluding steroid dienone is 4. The van der Waals surface area contributed by atoms with Crippen LogP contribution in [0.25, 0.3) is 0 Å². The summed E-state index contributed by atoms with van der Waals surface area (Å²) in [6.07, 6.45) is 12.2. The van der Waals surface area contributed by atoms with Crippen LogP contribution in [-0.4, -0.2) is 5.54 Å². The fourth-order valence-corrected chi connectivity index (χ4v) is 3.02. The summed E-state index contributed by atoms with van der Waals surface area (Å²) in [5, 5.41) is 0. The highest BCUT2D eigenvalue weighted by atomic mass is 15.2. The molecule has 0 spiro atoms. The zero-order valence-corrected chi connectivity index (χ0v) is 15.8. The van der Waals surface area contributed by atoms with Gasteiger partial charge in [0.15, 0.2) is 0 Å². The quantitative estimate of drug-likeness (QED) is 0.543. The molecule has 2 aromatic carbocycles. The molecule has 1 aliphatic carbocycles. The Balaban J connectivity index is 0.00000109. The lowest BCUT2D eigenvalue weighted by molar-refractivity contribution is 0.696. The molecule has 0 bridgehead atoms. The number of hydrogen-bond acceptors (Lipinski definition) is 1. The average Bonchev–Trinajstić information content (AvgIpc) is 2.64. The smallest absolute Gasteiger partial charge is 0.0792 e. The van der Waals surface area contributed by atoms with Gasteiger partial charge in [0.05, 0.1) is 5.54 Å². The molecule has 1 atom stereocenters. The van der Waals surface area contributed by atoms with Crippen molar-refractivity contribution < 1.29 is 0 Å². The van der Waals surface area contributed by atoms with Crippen molar-refractivity contribution in [3.05, 3.63) is 96.6 Å². The van der Waals surface area contributed by atoms with Gasteiger partial charge in [-0.2, -0.15) is 0 Å². The number of hydrogen-bond donors (Lipinski definition) is 0. The highest BCUT2D eigenvalue weighted by Gasteiger charge is 2.28. The van der Waals surface area contributed by atoms with Gasteiger partial charge in [-0.05, 0) is 44.5 Å². The number of benzene rings is 2. The van der Waals surface area contributed by atoms with Gasteiger partial charge in [-0.15, -0.1) is 0 Å². The summed E-state index contributed by atoms with van der Waals surface area (Å²) in [6.45, 7) is 8.43. The number of rotatable bonds is 3. The van der Waals surface area contributed by atoms with Crippen molar-refractivity contribution in [2.24, 2.45) is 0 Å². The van der Waals surface area contributed by atoms with E-state index in [1.54, 1.807) is 0 Å². The SMILES string of the molecule is CC.CC1=C/C=C\C(C)(N(c2ccccc2)c2ccccc2)/C=C\C1. The predicted octanol–water partition coefficient (Wildman–Crippen LogP) is 7.07. The van der Waals surface area contributed by atoms with Crippen LogP contribution in [0.2, 0.25) is 0 Å². The molecule has 0 N–H and O–H groups in total. The lowest BCUT2D eigenvalue weighted by Gasteiger charge is -2.39. The normalized spacial score (nSPS) is 21.7. The van der Waals surface area contributed by atoms with Crippen LogP contribution in [0.15, 0.2) is 96.6 Å². The standard InChI is InChI=1S/C22H23N.C2H6/c1-19-11-9-17-22(2,18-10-12-19)23(20-13-5-3-6-14-20)21-15-7-4-8-16-21;1-2/h3-11,13-18H,12H2,1-2H3;1-2H3/b17-9-,18-10-,19-11?;. The summed E-state index contributed by atoms with van der Waals surface area (Å²) in [7, 11) is 0. The van der Waals surface area contributed by atoms with E-state index in [2.05, 4.69) is 110 Å². The van der Waals surface area contributed by atoms with Gasteiger partial charge in [0.2, 0.25) is 0 Å². The van der Waals surface area contributed by atoms with Crippen LogP contribution >= 0.6 is 0 Å². The second-order valence-corrected chi connectivity index (χ2v) is 6.21. The Labute approximate surface area is 153 Å². The van der Waals surface area contributed by atoms with Crippen LogP contribution in [-0.2, 0) is 0 Å². The molecule has 0 amide bonds. The van der Waals surface area contributed by atoms with E-state index in [-0.39, 0.29) is 5.54 Å². The third kappa shape index (κ3) is 4.73. The summed E-state index contributed by atoms with van der Waals surface area (Å²) >= 11 is 0. The third-order valence-corrected chi connectivity index (χ3v) is 4.22. The second-order valence-electron chi connectivity index (χ2n) is 6.21. The van der Waals surface area contributed by atoms with Gasteiger partial charge in [0.25, 0.3) is 0 Å². The van der Waals surface area contributed by atoms with E-state index in [0.29, 0.717) is 0 Å². The molecule has 1 unspecified atom stereocenters. The summed E-state index contributed by atoms with van der Waals surface area (Å²) in [4.78, 5) is 2.38. The average molecular weight is 332 g/mol. The van der Waals surface area contributed by atoms with Crippen LogP contribution in [0.3, 0.4) is 0 Å². The summed E-state index contributed by atoms with van der Waals surface area (Å²) in [5.41, 5.74) is 3.55. The minimum atomic E-state index is -0.208. The number of nitrogens with zero attached hydrogens (tertiary/aromatic N) is 1. The van der Waals surface area contributed by atoms with Crippen LogP contribution in [0.1, 0.15) is 34.1 Å². The van der Waals surface area contributed by atoms with Crippen molar-refractivity contribution in [1.29, 1.82) is 0 Å². The van der Waals surface area contributed by atoms with Gasteiger partial charge in [-0.1, -0.05) is 86.2 Å². The predicted molar refractivity (Wildman–Crippen MR) is 111 cm³/mol. The molecular formula is C24H29N. The summed E-state index contributed by atoms with van der Waals surface area (Å²) in [5.74, 6) is 0. The largest absolute Gasteiger partial charge is 0.329 e. The van der Waals surface area contributed by atoms with E-state index >= 15 is 0 Å². The molecule has 1 heteroatoms. The maximum atomic E-state index is 2.38. The van der Waals surface area contributed by atoms with Gasteiger partial charge in [0, 0.05) is 11.4 Å². The van der Waals surface area contributed by atoms with Crippen LogP contribution in [0.4, 0.5) is 11.4 Å². The third-order valence-electron chi connectivity index (χ3n) is 4.22. The maximum Gasteiger partial charge on any atom is 0.0792 e. The zero-order chi connectivity index (χ0) is 18.1. The van der Waals surface area contributed by atoms with Crippen molar-refractivity contribution in [3.63, 3.8) is 0 Å². The first-order chi connectivity index (χ1) is 12.2. The number of para-hydroxylation sites is 2. The van der Waals surface area contributed by atoms with Crippen molar-refractivity contribution in [2.45, 2.75) is 39.7 Å². The Bertz CT molecular complexity index is 686. The molecule has 0 heterocycles. The van der Waals surface area contributed by atoms with Gasteiger partial charge >= 0.3 is 0 Å². The molecule has 1 aliphatic rings. The minimum absolute atomic E-state index is 0.208. The lowest BCUT2D eigenvalue weighted by Crippen LogP contribution is -2.40. The van der Waals surface area contributed by atoms with Gasteiger partial charge in [-0.3, -0.25) is 0 Å². The maximum absolute atomic E-state index is 2.38. The fraction of sp³-hybridized carbons (Fsp3) is 0.250. The molecule has 0 radical (unpaired) electrons. The molecule has 2 aromatic rings. The van der Waals surface area contributed by atoms with Crippen molar-refractivity contribution >= 4 is 11.4 Å². The molecule has 0 aliphatic heterocycles. The summed E-state index contributed by atoms with van der Waals surface area (Å²) in [6, 6.07) is 21.2. The molecule has 25 heavy (non-hydrogen) atoms. The molecule has 3 rings (SSSR count). The summed E-state index contributed by atoms with van der Waals surface area (Å²) < 4.78 is 0. The number of anilines is 2. The van der Waals surface area contributed by atoms with E-state index < -0.39 is 0 Å². The van der Waals surface area contributed by atoms with Crippen molar-refractivity contribution in [1.82, 2.24) is 0 Å². The molecule has 130 valence electrons. The van der Waals surface area contributed by atoms with Crippen molar-refractivity contribution in [3.8, 4) is 0 Å². The molecule has 0 saturated carbocycles. The zero-order valence-electron chi connectivity index (χ0n) is 15.8. The van der Waals surface area contributed by atoms with Gasteiger partial charge < -0.3 is 4.90 Å². The van der Waals surface area contributed by atoms with Crippen molar-refractivity contribution in [2.75, 3.05) is 4.90 Å². The van der Waals surface area contributed by atoms with Gasteiger partial charge in [-0.25, -0.2) is 0 Å². The molecule has 0 saturated heterocycles. The first-order valence-electron chi connectivity index (χ1n) is 9.12. The monoisotopic (exact) mass is 331 g/mol. The molecule has 0 aromatic heterocycles. The van der Waals surface area contributed by atoms with Crippen LogP contribution < -0.4 is 4.90 Å². The van der Waals surface area contributed by atoms with E-state index in [0.717, 1.165) is 6.42 Å². The molecular weight excluding hydrogens is 302 g/mol. The Morgan fingerprint density at radius 1 is 0.800 bits per heavy atom. The van der Waals surface area contributed by atoms with E-state index in [4.69, 9.17) is 0 Å². The lowest BCUT2D eigenvalue weighted by atomic mass is 9.93. The highest BCUT2D eigenvalue weighted by Crippen LogP contribution is 2.35. The molecule has 1 nitrogen and oxygen atoms in total. The van der Waals surface area contributed by atoms with E-state index in [1.165, 1.54) is 16.9 Å². The Hall–Kier alpha value is -2.54. The minimum Gasteiger partial charge on any atom is -0.329 e. The highest BCUT2D eigenvalue weighted by molar-refractivity contribution is 5.68. The van der Waals surface area contributed by atoms with E-state index in [1.807, 2.05) is 13.8 Å². The Morgan fingerprint density at radius 2 is 1.32 bits per heavy atom. The fourth-order valence-electron chi connectivity index (χ4n) is 3.02. The van der Waals surface area contributed by atoms with Crippen LogP contribution in [0, 0.1) is 0 Å². The first kappa shape index (κ1) is 18.8. The van der Waals surface area contributed by atoms with E-state index in [9.17, 15) is 0 Å². The topological polar surface area (TPSA) is 3.24 Å². The molecule has 0 fully saturated rings. The first-order valence-corrected chi connectivity index (χ1v) is 9.12. The van der Waals surface area contributed by atoms with Gasteiger partial charge in [0.1, 0.15) is 0 Å². The Kier molecular flexibility index (Phi) is 6.82.